The van der Waals surface area contributed by atoms with Gasteiger partial charge in [0.15, 0.2) is 11.5 Å². The molecule has 0 saturated carbocycles. The van der Waals surface area contributed by atoms with E-state index in [1.54, 1.807) is 14.2 Å². The summed E-state index contributed by atoms with van der Waals surface area (Å²) >= 11 is 3.52. The average molecular weight is 436 g/mol. The Morgan fingerprint density at radius 2 is 1.74 bits per heavy atom. The van der Waals surface area contributed by atoms with Crippen molar-refractivity contribution >= 4 is 27.5 Å². The first-order chi connectivity index (χ1) is 13.1. The Morgan fingerprint density at radius 3 is 2.37 bits per heavy atom. The number of rotatable bonds is 10. The lowest BCUT2D eigenvalue weighted by Crippen LogP contribution is -2.12. The molecule has 0 fully saturated rings. The van der Waals surface area contributed by atoms with Crippen molar-refractivity contribution < 1.29 is 19.0 Å². The number of carbonyl (C=O) groups excluding carboxylic acids is 1. The number of anilines is 1. The van der Waals surface area contributed by atoms with E-state index in [2.05, 4.69) is 28.2 Å². The monoisotopic (exact) mass is 435 g/mol. The van der Waals surface area contributed by atoms with Crippen LogP contribution in [0.3, 0.4) is 0 Å². The van der Waals surface area contributed by atoms with Gasteiger partial charge in [-0.05, 0) is 54.8 Å². The van der Waals surface area contributed by atoms with Gasteiger partial charge in [0, 0.05) is 16.6 Å². The zero-order chi connectivity index (χ0) is 19.6. The normalized spacial score (nSPS) is 10.4. The lowest BCUT2D eigenvalue weighted by atomic mass is 10.1. The van der Waals surface area contributed by atoms with Crippen LogP contribution in [-0.4, -0.2) is 26.7 Å². The molecule has 2 rings (SSSR count). The summed E-state index contributed by atoms with van der Waals surface area (Å²) in [6.45, 7) is 2.84. The van der Waals surface area contributed by atoms with Crippen molar-refractivity contribution in [3.8, 4) is 17.2 Å². The minimum atomic E-state index is -0.0451. The molecule has 27 heavy (non-hydrogen) atoms. The lowest BCUT2D eigenvalue weighted by Gasteiger charge is -2.12. The summed E-state index contributed by atoms with van der Waals surface area (Å²) in [5.41, 5.74) is 1.75. The molecule has 1 N–H and O–H groups in total. The maximum absolute atomic E-state index is 12.3. The molecule has 0 spiro atoms. The number of unbranched alkanes of at least 4 members (excludes halogenated alkanes) is 1. The van der Waals surface area contributed by atoms with Crippen molar-refractivity contribution in [1.29, 1.82) is 0 Å². The molecule has 0 atom stereocenters. The first kappa shape index (κ1) is 21.1. The number of nitrogens with one attached hydrogen (secondary N) is 1. The van der Waals surface area contributed by atoms with Crippen LogP contribution >= 0.6 is 15.9 Å². The van der Waals surface area contributed by atoms with Gasteiger partial charge in [-0.2, -0.15) is 0 Å². The summed E-state index contributed by atoms with van der Waals surface area (Å²) in [6.07, 6.45) is 3.09. The Kier molecular flexibility index (Phi) is 8.45. The highest BCUT2D eigenvalue weighted by Gasteiger charge is 2.11. The Balaban J connectivity index is 1.89. The minimum absolute atomic E-state index is 0.0451. The van der Waals surface area contributed by atoms with Crippen LogP contribution in [-0.2, 0) is 11.2 Å². The van der Waals surface area contributed by atoms with Gasteiger partial charge < -0.3 is 19.5 Å². The summed E-state index contributed by atoms with van der Waals surface area (Å²) in [5.74, 6) is 2.07. The molecule has 146 valence electrons. The summed E-state index contributed by atoms with van der Waals surface area (Å²) in [6, 6.07) is 11.2. The number of hydrogen-bond donors (Lipinski definition) is 1. The van der Waals surface area contributed by atoms with Crippen LogP contribution in [0, 0.1) is 0 Å². The van der Waals surface area contributed by atoms with E-state index in [1.165, 1.54) is 0 Å². The Morgan fingerprint density at radius 1 is 1.07 bits per heavy atom. The molecule has 0 aliphatic heterocycles. The number of methoxy groups -OCH3 is 2. The summed E-state index contributed by atoms with van der Waals surface area (Å²) in [5, 5.41) is 2.91. The van der Waals surface area contributed by atoms with Gasteiger partial charge in [-0.15, -0.1) is 0 Å². The highest BCUT2D eigenvalue weighted by Crippen LogP contribution is 2.33. The molecule has 0 aliphatic carbocycles. The maximum atomic E-state index is 12.3. The van der Waals surface area contributed by atoms with Gasteiger partial charge in [-0.1, -0.05) is 29.3 Å². The van der Waals surface area contributed by atoms with Gasteiger partial charge in [-0.3, -0.25) is 4.79 Å². The number of amides is 1. The van der Waals surface area contributed by atoms with E-state index in [0.717, 1.165) is 34.3 Å². The van der Waals surface area contributed by atoms with E-state index >= 15 is 0 Å². The largest absolute Gasteiger partial charge is 0.494 e. The number of benzene rings is 2. The van der Waals surface area contributed by atoms with Crippen molar-refractivity contribution in [1.82, 2.24) is 0 Å². The second-order valence-electron chi connectivity index (χ2n) is 6.07. The fraction of sp³-hybridized carbons (Fsp3) is 0.381. The molecular formula is C21H26BrNO4. The molecule has 5 nitrogen and oxygen atoms in total. The maximum Gasteiger partial charge on any atom is 0.224 e. The standard InChI is InChI=1S/C21H26BrNO4/c1-4-5-12-27-17-9-7-16(8-10-17)23-21(24)11-6-15-13-19(25-2)20(26-3)14-18(15)22/h7-10,13-14H,4-6,11-12H2,1-3H3,(H,23,24). The lowest BCUT2D eigenvalue weighted by molar-refractivity contribution is -0.116. The van der Waals surface area contributed by atoms with Gasteiger partial charge in [-0.25, -0.2) is 0 Å². The predicted molar refractivity (Wildman–Crippen MR) is 111 cm³/mol. The van der Waals surface area contributed by atoms with Crippen LogP contribution in [0.1, 0.15) is 31.7 Å². The minimum Gasteiger partial charge on any atom is -0.494 e. The van der Waals surface area contributed by atoms with E-state index in [9.17, 15) is 4.79 Å². The van der Waals surface area contributed by atoms with Crippen LogP contribution < -0.4 is 19.5 Å². The molecule has 0 bridgehead atoms. The Hall–Kier alpha value is -2.21. The van der Waals surface area contributed by atoms with E-state index in [0.29, 0.717) is 30.9 Å². The Labute approximate surface area is 169 Å². The zero-order valence-electron chi connectivity index (χ0n) is 16.0. The second-order valence-corrected chi connectivity index (χ2v) is 6.93. The smallest absolute Gasteiger partial charge is 0.224 e. The molecular weight excluding hydrogens is 410 g/mol. The second kappa shape index (κ2) is 10.8. The molecule has 0 heterocycles. The fourth-order valence-electron chi connectivity index (χ4n) is 2.53. The predicted octanol–water partition coefficient (Wildman–Crippen LogP) is 5.22. The topological polar surface area (TPSA) is 56.8 Å². The summed E-state index contributed by atoms with van der Waals surface area (Å²) in [7, 11) is 3.19. The first-order valence-electron chi connectivity index (χ1n) is 9.00. The average Bonchev–Trinajstić information content (AvgIpc) is 2.68. The number of ether oxygens (including phenoxy) is 3. The van der Waals surface area contributed by atoms with E-state index in [-0.39, 0.29) is 5.91 Å². The molecule has 0 radical (unpaired) electrons. The molecule has 1 amide bonds. The molecule has 0 unspecified atom stereocenters. The van der Waals surface area contributed by atoms with Crippen LogP contribution in [0.25, 0.3) is 0 Å². The number of hydrogen-bond acceptors (Lipinski definition) is 4. The number of halogens is 1. The number of carbonyl (C=O) groups is 1. The zero-order valence-corrected chi connectivity index (χ0v) is 17.6. The van der Waals surface area contributed by atoms with E-state index < -0.39 is 0 Å². The van der Waals surface area contributed by atoms with Gasteiger partial charge in [0.25, 0.3) is 0 Å². The van der Waals surface area contributed by atoms with Gasteiger partial charge >= 0.3 is 0 Å². The van der Waals surface area contributed by atoms with Crippen molar-refractivity contribution in [2.45, 2.75) is 32.6 Å². The third kappa shape index (κ3) is 6.47. The van der Waals surface area contributed by atoms with E-state index in [1.807, 2.05) is 36.4 Å². The molecule has 0 saturated heterocycles. The third-order valence-corrected chi connectivity index (χ3v) is 4.82. The SMILES string of the molecule is CCCCOc1ccc(NC(=O)CCc2cc(OC)c(OC)cc2Br)cc1. The highest BCUT2D eigenvalue weighted by atomic mass is 79.9. The molecule has 2 aromatic rings. The summed E-state index contributed by atoms with van der Waals surface area (Å²) in [4.78, 5) is 12.3. The quantitative estimate of drug-likeness (QED) is 0.519. The van der Waals surface area contributed by atoms with Crippen molar-refractivity contribution in [3.05, 3.63) is 46.4 Å². The van der Waals surface area contributed by atoms with Gasteiger partial charge in [0.05, 0.1) is 20.8 Å². The first-order valence-corrected chi connectivity index (χ1v) is 9.79. The van der Waals surface area contributed by atoms with Gasteiger partial charge in [0.2, 0.25) is 5.91 Å². The van der Waals surface area contributed by atoms with E-state index in [4.69, 9.17) is 14.2 Å². The fourth-order valence-corrected chi connectivity index (χ4v) is 3.05. The van der Waals surface area contributed by atoms with Crippen molar-refractivity contribution in [2.75, 3.05) is 26.1 Å². The van der Waals surface area contributed by atoms with Crippen LogP contribution in [0.15, 0.2) is 40.9 Å². The van der Waals surface area contributed by atoms with Gasteiger partial charge in [0.1, 0.15) is 5.75 Å². The van der Waals surface area contributed by atoms with Crippen LogP contribution in [0.2, 0.25) is 0 Å². The molecule has 6 heteroatoms. The number of aryl methyl sites for hydroxylation is 1. The highest BCUT2D eigenvalue weighted by molar-refractivity contribution is 9.10. The third-order valence-electron chi connectivity index (χ3n) is 4.08. The molecule has 2 aromatic carbocycles. The van der Waals surface area contributed by atoms with Crippen LogP contribution in [0.4, 0.5) is 5.69 Å². The van der Waals surface area contributed by atoms with Crippen molar-refractivity contribution in [2.24, 2.45) is 0 Å². The van der Waals surface area contributed by atoms with Crippen molar-refractivity contribution in [3.63, 3.8) is 0 Å². The Bertz CT molecular complexity index is 747. The summed E-state index contributed by atoms with van der Waals surface area (Å²) < 4.78 is 17.1. The molecule has 0 aliphatic rings. The van der Waals surface area contributed by atoms with Crippen LogP contribution in [0.5, 0.6) is 17.2 Å². The molecule has 0 aromatic heterocycles.